The zero-order valence-electron chi connectivity index (χ0n) is 14.2. The summed E-state index contributed by atoms with van der Waals surface area (Å²) in [6.45, 7) is 1.75. The molecule has 3 rings (SSSR count). The second-order valence-corrected chi connectivity index (χ2v) is 7.02. The average molecular weight is 388 g/mol. The number of phenols is 1. The Kier molecular flexibility index (Phi) is 5.04. The molecule has 1 aromatic rings. The topological polar surface area (TPSA) is 124 Å². The number of allylic oxidation sites excluding steroid dienone is 2. The highest BCUT2D eigenvalue weighted by molar-refractivity contribution is 8.00. The molecule has 2 atom stereocenters. The van der Waals surface area contributed by atoms with Crippen molar-refractivity contribution in [2.45, 2.75) is 18.3 Å². The number of benzene rings is 1. The first-order chi connectivity index (χ1) is 12.8. The van der Waals surface area contributed by atoms with Crippen LogP contribution in [0.25, 0.3) is 0 Å². The molecule has 1 aromatic carbocycles. The molecule has 0 bridgehead atoms. The van der Waals surface area contributed by atoms with Gasteiger partial charge < -0.3 is 15.5 Å². The molecule has 0 spiro atoms. The van der Waals surface area contributed by atoms with Gasteiger partial charge in [-0.15, -0.1) is 11.8 Å². The maximum Gasteiger partial charge on any atom is 0.352 e. The molecule has 1 fully saturated rings. The molecule has 0 radical (unpaired) electrons. The number of amides is 2. The maximum absolute atomic E-state index is 12.4. The fraction of sp³-hybridized carbons (Fsp3) is 0.222. The predicted molar refractivity (Wildman–Crippen MR) is 96.9 cm³/mol. The van der Waals surface area contributed by atoms with Gasteiger partial charge >= 0.3 is 5.97 Å². The van der Waals surface area contributed by atoms with Crippen molar-refractivity contribution in [3.8, 4) is 5.75 Å². The summed E-state index contributed by atoms with van der Waals surface area (Å²) in [5, 5.41) is 20.5. The van der Waals surface area contributed by atoms with E-state index in [-0.39, 0.29) is 17.0 Å². The van der Waals surface area contributed by atoms with Crippen LogP contribution in [-0.4, -0.2) is 55.8 Å². The number of rotatable bonds is 5. The maximum atomic E-state index is 12.4. The molecule has 27 heavy (non-hydrogen) atoms. The largest absolute Gasteiger partial charge is 0.508 e. The van der Waals surface area contributed by atoms with Crippen molar-refractivity contribution in [2.75, 3.05) is 5.75 Å². The lowest BCUT2D eigenvalue weighted by atomic mass is 10.0. The Morgan fingerprint density at radius 1 is 1.26 bits per heavy atom. The number of aliphatic carboxylic acids is 1. The summed E-state index contributed by atoms with van der Waals surface area (Å²) in [6, 6.07) is 4.19. The minimum absolute atomic E-state index is 0.0414. The van der Waals surface area contributed by atoms with E-state index in [1.807, 2.05) is 0 Å². The number of hydrogen-bond donors (Lipinski definition) is 3. The quantitative estimate of drug-likeness (QED) is 0.389. The molecule has 2 aliphatic heterocycles. The minimum atomic E-state index is -1.22. The summed E-state index contributed by atoms with van der Waals surface area (Å²) in [5.41, 5.74) is 0.494. The lowest BCUT2D eigenvalue weighted by molar-refractivity contribution is -0.150. The number of β-lactam (4-membered cyclic amide) rings is 1. The van der Waals surface area contributed by atoms with E-state index in [0.29, 0.717) is 11.3 Å². The Morgan fingerprint density at radius 2 is 1.93 bits per heavy atom. The van der Waals surface area contributed by atoms with Crippen molar-refractivity contribution in [2.24, 2.45) is 0 Å². The van der Waals surface area contributed by atoms with Crippen LogP contribution in [0, 0.1) is 0 Å². The number of fused-ring (bicyclic) bond motifs is 1. The molecule has 0 saturated carbocycles. The highest BCUT2D eigenvalue weighted by Crippen LogP contribution is 2.40. The lowest BCUT2D eigenvalue weighted by Gasteiger charge is -2.49. The van der Waals surface area contributed by atoms with Gasteiger partial charge in [-0.05, 0) is 36.8 Å². The van der Waals surface area contributed by atoms with Crippen LogP contribution in [0.1, 0.15) is 17.3 Å². The molecular weight excluding hydrogens is 372 g/mol. The zero-order chi connectivity index (χ0) is 19.7. The highest BCUT2D eigenvalue weighted by Gasteiger charge is 2.54. The van der Waals surface area contributed by atoms with Crippen LogP contribution < -0.4 is 5.32 Å². The number of nitrogens with zero attached hydrogens (tertiary/aromatic N) is 1. The first kappa shape index (κ1) is 18.7. The fourth-order valence-electron chi connectivity index (χ4n) is 2.92. The van der Waals surface area contributed by atoms with Crippen molar-refractivity contribution in [1.82, 2.24) is 10.2 Å². The van der Waals surface area contributed by atoms with E-state index in [0.717, 1.165) is 4.90 Å². The van der Waals surface area contributed by atoms with Crippen molar-refractivity contribution < 1.29 is 29.4 Å². The monoisotopic (exact) mass is 388 g/mol. The standard InChI is InChI=1S/C18H16N2O6S/c1-2-3-10-8-27-17-12(16(24)20(17)13(10)18(25)26)19-15(23)14(22)9-4-6-11(21)7-5-9/h2-7,12,17,21H,8H2,1H3,(H,19,23)(H,25,26)/b3-2+/t12-,17-/m1/s1. The third kappa shape index (κ3) is 3.33. The number of aromatic hydroxyl groups is 1. The Bertz CT molecular complexity index is 890. The van der Waals surface area contributed by atoms with E-state index in [1.54, 1.807) is 19.1 Å². The SMILES string of the molecule is C/C=C/C1=C(C(=O)O)N2C(=O)[C@@H](NC(=O)C(=O)c3ccc(O)cc3)[C@H]2SC1. The molecule has 140 valence electrons. The fourth-order valence-corrected chi connectivity index (χ4v) is 4.24. The third-order valence-electron chi connectivity index (χ3n) is 4.19. The van der Waals surface area contributed by atoms with E-state index in [4.69, 9.17) is 0 Å². The summed E-state index contributed by atoms with van der Waals surface area (Å²) >= 11 is 1.32. The molecule has 0 aromatic heterocycles. The van der Waals surface area contributed by atoms with E-state index in [1.165, 1.54) is 36.0 Å². The number of carboxylic acid groups (broad SMARTS) is 1. The van der Waals surface area contributed by atoms with E-state index in [9.17, 15) is 29.4 Å². The number of phenolic OH excluding ortho intramolecular Hbond substituents is 1. The number of ketones is 1. The molecule has 2 heterocycles. The zero-order valence-corrected chi connectivity index (χ0v) is 15.0. The molecule has 9 heteroatoms. The van der Waals surface area contributed by atoms with Gasteiger partial charge in [-0.2, -0.15) is 0 Å². The average Bonchev–Trinajstić information content (AvgIpc) is 2.65. The summed E-state index contributed by atoms with van der Waals surface area (Å²) in [7, 11) is 0. The van der Waals surface area contributed by atoms with Crippen LogP contribution >= 0.6 is 11.8 Å². The molecular formula is C18H16N2O6S. The number of carboxylic acids is 1. The third-order valence-corrected chi connectivity index (χ3v) is 5.49. The number of carbonyl (C=O) groups is 4. The van der Waals surface area contributed by atoms with E-state index < -0.39 is 35.0 Å². The van der Waals surface area contributed by atoms with Gasteiger partial charge in [0.1, 0.15) is 22.9 Å². The van der Waals surface area contributed by atoms with Gasteiger partial charge in [0.25, 0.3) is 11.8 Å². The molecule has 3 N–H and O–H groups in total. The number of hydrogen-bond acceptors (Lipinski definition) is 6. The van der Waals surface area contributed by atoms with Crippen molar-refractivity contribution in [3.63, 3.8) is 0 Å². The van der Waals surface area contributed by atoms with Crippen LogP contribution in [-0.2, 0) is 14.4 Å². The Morgan fingerprint density at radius 3 is 2.52 bits per heavy atom. The predicted octanol–water partition coefficient (Wildman–Crippen LogP) is 0.890. The first-order valence-corrected chi connectivity index (χ1v) is 9.08. The summed E-state index contributed by atoms with van der Waals surface area (Å²) < 4.78 is 0. The Balaban J connectivity index is 1.75. The van der Waals surface area contributed by atoms with Gasteiger partial charge in [-0.25, -0.2) is 4.79 Å². The van der Waals surface area contributed by atoms with Crippen LogP contribution in [0.4, 0.5) is 0 Å². The first-order valence-electron chi connectivity index (χ1n) is 8.03. The van der Waals surface area contributed by atoms with Gasteiger partial charge in [0.2, 0.25) is 5.78 Å². The van der Waals surface area contributed by atoms with Crippen LogP contribution in [0.15, 0.2) is 47.7 Å². The molecule has 2 aliphatic rings. The summed E-state index contributed by atoms with van der Waals surface area (Å²) in [5.74, 6) is -3.26. The Hall–Kier alpha value is -3.07. The summed E-state index contributed by atoms with van der Waals surface area (Å²) in [4.78, 5) is 49.5. The molecule has 1 saturated heterocycles. The van der Waals surface area contributed by atoms with E-state index in [2.05, 4.69) is 5.32 Å². The van der Waals surface area contributed by atoms with E-state index >= 15 is 0 Å². The molecule has 0 aliphatic carbocycles. The van der Waals surface area contributed by atoms with Gasteiger partial charge in [0, 0.05) is 11.3 Å². The van der Waals surface area contributed by atoms with Crippen LogP contribution in [0.2, 0.25) is 0 Å². The van der Waals surface area contributed by atoms with Crippen molar-refractivity contribution in [3.05, 3.63) is 53.3 Å². The number of nitrogens with one attached hydrogen (secondary N) is 1. The van der Waals surface area contributed by atoms with Gasteiger partial charge in [-0.3, -0.25) is 19.3 Å². The molecule has 0 unspecified atom stereocenters. The highest BCUT2D eigenvalue weighted by atomic mass is 32.2. The van der Waals surface area contributed by atoms with Crippen molar-refractivity contribution >= 4 is 35.3 Å². The molecule has 2 amide bonds. The number of Topliss-reactive ketones (excluding diaryl/α,β-unsaturated/α-hetero) is 1. The van der Waals surface area contributed by atoms with Crippen molar-refractivity contribution in [1.29, 1.82) is 0 Å². The van der Waals surface area contributed by atoms with Gasteiger partial charge in [0.15, 0.2) is 0 Å². The normalized spacial score (nSPS) is 21.7. The molecule has 8 nitrogen and oxygen atoms in total. The van der Waals surface area contributed by atoms with Gasteiger partial charge in [-0.1, -0.05) is 12.2 Å². The van der Waals surface area contributed by atoms with Crippen LogP contribution in [0.3, 0.4) is 0 Å². The Labute approximate surface area is 158 Å². The van der Waals surface area contributed by atoms with Gasteiger partial charge in [0.05, 0.1) is 0 Å². The second kappa shape index (κ2) is 7.28. The number of thioether (sulfide) groups is 1. The van der Waals surface area contributed by atoms with Crippen LogP contribution in [0.5, 0.6) is 5.75 Å². The minimum Gasteiger partial charge on any atom is -0.508 e. The number of carbonyl (C=O) groups excluding carboxylic acids is 3. The second-order valence-electron chi connectivity index (χ2n) is 5.92. The lowest BCUT2D eigenvalue weighted by Crippen LogP contribution is -2.71. The summed E-state index contributed by atoms with van der Waals surface area (Å²) in [6.07, 6.45) is 3.33. The smallest absolute Gasteiger partial charge is 0.352 e.